The quantitative estimate of drug-likeness (QED) is 0.544. The highest BCUT2D eigenvalue weighted by molar-refractivity contribution is 8.15. The van der Waals surface area contributed by atoms with E-state index >= 15 is 0 Å². The number of hydrogen-bond donors (Lipinski definition) is 2. The lowest BCUT2D eigenvalue weighted by atomic mass is 10.2. The molecule has 1 unspecified atom stereocenters. The van der Waals surface area contributed by atoms with Crippen LogP contribution < -0.4 is 15.4 Å². The molecule has 0 bridgehead atoms. The summed E-state index contributed by atoms with van der Waals surface area (Å²) in [4.78, 5) is 22.8. The van der Waals surface area contributed by atoms with Crippen LogP contribution in [0.25, 0.3) is 0 Å². The highest BCUT2D eigenvalue weighted by atomic mass is 32.2. The highest BCUT2D eigenvalue weighted by Gasteiger charge is 2.16. The molecule has 1 aromatic carbocycles. The van der Waals surface area contributed by atoms with E-state index in [1.54, 1.807) is 18.3 Å². The molecule has 1 aromatic rings. The molecule has 138 valence electrons. The zero-order valence-electron chi connectivity index (χ0n) is 14.1. The number of benzene rings is 1. The smallest absolute Gasteiger partial charge is 0.258 e. The SMILES string of the molecule is O=C(COc1ccc(C=NN=C2NC(=O)CS2)cc1)NCC1CCCO1. The Balaban J connectivity index is 1.39. The van der Waals surface area contributed by atoms with Gasteiger partial charge in [-0.25, -0.2) is 0 Å². The Morgan fingerprint density at radius 2 is 2.27 bits per heavy atom. The molecule has 2 aliphatic heterocycles. The second-order valence-corrected chi connectivity index (χ2v) is 6.75. The first kappa shape index (κ1) is 18.4. The summed E-state index contributed by atoms with van der Waals surface area (Å²) in [6, 6.07) is 7.13. The molecule has 0 spiro atoms. The number of ether oxygens (including phenoxy) is 2. The van der Waals surface area contributed by atoms with Crippen molar-refractivity contribution in [2.24, 2.45) is 10.2 Å². The minimum atomic E-state index is -0.168. The second kappa shape index (κ2) is 9.35. The molecule has 9 heteroatoms. The molecular formula is C17H20N4O4S. The van der Waals surface area contributed by atoms with Crippen molar-refractivity contribution in [2.75, 3.05) is 25.5 Å². The van der Waals surface area contributed by atoms with E-state index in [9.17, 15) is 9.59 Å². The molecule has 2 saturated heterocycles. The van der Waals surface area contributed by atoms with Crippen LogP contribution in [0.3, 0.4) is 0 Å². The number of amides is 2. The Bertz CT molecular complexity index is 699. The molecule has 1 atom stereocenters. The maximum Gasteiger partial charge on any atom is 0.258 e. The minimum absolute atomic E-state index is 0.0370. The monoisotopic (exact) mass is 376 g/mol. The Hall–Kier alpha value is -2.39. The maximum atomic E-state index is 11.8. The topological polar surface area (TPSA) is 101 Å². The van der Waals surface area contributed by atoms with E-state index in [4.69, 9.17) is 9.47 Å². The lowest BCUT2D eigenvalue weighted by Crippen LogP contribution is -2.35. The largest absolute Gasteiger partial charge is 0.484 e. The van der Waals surface area contributed by atoms with Crippen molar-refractivity contribution < 1.29 is 19.1 Å². The summed E-state index contributed by atoms with van der Waals surface area (Å²) in [7, 11) is 0. The molecular weight excluding hydrogens is 356 g/mol. The zero-order valence-corrected chi connectivity index (χ0v) is 15.0. The minimum Gasteiger partial charge on any atom is -0.484 e. The van der Waals surface area contributed by atoms with Crippen molar-refractivity contribution >= 4 is 35.0 Å². The Morgan fingerprint density at radius 1 is 1.42 bits per heavy atom. The van der Waals surface area contributed by atoms with Gasteiger partial charge in [-0.15, -0.1) is 5.10 Å². The van der Waals surface area contributed by atoms with Gasteiger partial charge in [0.05, 0.1) is 18.1 Å². The number of rotatable bonds is 7. The summed E-state index contributed by atoms with van der Waals surface area (Å²) in [6.07, 6.45) is 3.74. The number of carbonyl (C=O) groups excluding carboxylic acids is 2. The predicted octanol–water partition coefficient (Wildman–Crippen LogP) is 0.913. The van der Waals surface area contributed by atoms with Gasteiger partial charge in [0.15, 0.2) is 11.8 Å². The zero-order chi connectivity index (χ0) is 18.2. The van der Waals surface area contributed by atoms with Gasteiger partial charge in [0.1, 0.15) is 5.75 Å². The molecule has 26 heavy (non-hydrogen) atoms. The van der Waals surface area contributed by atoms with Crippen LogP contribution in [0.5, 0.6) is 5.75 Å². The van der Waals surface area contributed by atoms with Crippen molar-refractivity contribution in [3.8, 4) is 5.75 Å². The molecule has 0 aliphatic carbocycles. The van der Waals surface area contributed by atoms with Gasteiger partial charge in [0.25, 0.3) is 5.91 Å². The van der Waals surface area contributed by atoms with Gasteiger partial charge in [0.2, 0.25) is 5.91 Å². The third-order valence-electron chi connectivity index (χ3n) is 3.74. The van der Waals surface area contributed by atoms with E-state index in [0.29, 0.717) is 23.2 Å². The molecule has 2 fully saturated rings. The lowest BCUT2D eigenvalue weighted by Gasteiger charge is -2.11. The van der Waals surface area contributed by atoms with E-state index in [1.807, 2.05) is 12.1 Å². The van der Waals surface area contributed by atoms with Crippen LogP contribution in [-0.2, 0) is 14.3 Å². The van der Waals surface area contributed by atoms with E-state index in [2.05, 4.69) is 20.8 Å². The second-order valence-electron chi connectivity index (χ2n) is 5.78. The Morgan fingerprint density at radius 3 is 2.96 bits per heavy atom. The van der Waals surface area contributed by atoms with Gasteiger partial charge in [-0.2, -0.15) is 5.10 Å². The standard InChI is InChI=1S/C17H20N4O4S/c22-15(18-9-14-2-1-7-24-14)10-25-13-5-3-12(4-6-13)8-19-21-17-20-16(23)11-26-17/h3-6,8,14H,1-2,7,9-11H2,(H,18,22)(H,20,21,23). The van der Waals surface area contributed by atoms with Gasteiger partial charge in [-0.05, 0) is 42.7 Å². The fourth-order valence-electron chi connectivity index (χ4n) is 2.41. The fourth-order valence-corrected chi connectivity index (χ4v) is 3.04. The van der Waals surface area contributed by atoms with Crippen molar-refractivity contribution in [1.29, 1.82) is 0 Å². The highest BCUT2D eigenvalue weighted by Crippen LogP contribution is 2.12. The van der Waals surface area contributed by atoms with E-state index in [-0.39, 0.29) is 24.5 Å². The average molecular weight is 376 g/mol. The summed E-state index contributed by atoms with van der Waals surface area (Å²) in [5.41, 5.74) is 0.832. The summed E-state index contributed by atoms with van der Waals surface area (Å²) >= 11 is 1.32. The van der Waals surface area contributed by atoms with Crippen molar-refractivity contribution in [1.82, 2.24) is 10.6 Å². The van der Waals surface area contributed by atoms with Crippen molar-refractivity contribution in [3.05, 3.63) is 29.8 Å². The summed E-state index contributed by atoms with van der Waals surface area (Å²) in [5, 5.41) is 13.8. The molecule has 0 radical (unpaired) electrons. The molecule has 2 N–H and O–H groups in total. The van der Waals surface area contributed by atoms with Gasteiger partial charge in [-0.1, -0.05) is 11.8 Å². The van der Waals surface area contributed by atoms with Crippen LogP contribution in [-0.4, -0.2) is 54.8 Å². The molecule has 0 aromatic heterocycles. The molecule has 3 rings (SSSR count). The Labute approximate surface area is 155 Å². The Kier molecular flexibility index (Phi) is 6.62. The number of nitrogens with zero attached hydrogens (tertiary/aromatic N) is 2. The average Bonchev–Trinajstić information content (AvgIpc) is 3.31. The van der Waals surface area contributed by atoms with Crippen LogP contribution in [0.4, 0.5) is 0 Å². The van der Waals surface area contributed by atoms with E-state index in [0.717, 1.165) is 25.0 Å². The number of nitrogens with one attached hydrogen (secondary N) is 2. The van der Waals surface area contributed by atoms with Crippen LogP contribution >= 0.6 is 11.8 Å². The van der Waals surface area contributed by atoms with Crippen LogP contribution in [0.1, 0.15) is 18.4 Å². The summed E-state index contributed by atoms with van der Waals surface area (Å²) in [6.45, 7) is 1.26. The van der Waals surface area contributed by atoms with Crippen LogP contribution in [0, 0.1) is 0 Å². The van der Waals surface area contributed by atoms with Gasteiger partial charge in [-0.3, -0.25) is 9.59 Å². The normalized spacial score (nSPS) is 21.3. The summed E-state index contributed by atoms with van der Waals surface area (Å²) < 4.78 is 10.9. The van der Waals surface area contributed by atoms with Crippen molar-refractivity contribution in [3.63, 3.8) is 0 Å². The van der Waals surface area contributed by atoms with Crippen molar-refractivity contribution in [2.45, 2.75) is 18.9 Å². The molecule has 2 amide bonds. The number of thioether (sulfide) groups is 1. The number of amidine groups is 1. The van der Waals surface area contributed by atoms with E-state index in [1.165, 1.54) is 11.8 Å². The van der Waals surface area contributed by atoms with Crippen LogP contribution in [0.2, 0.25) is 0 Å². The molecule has 8 nitrogen and oxygen atoms in total. The summed E-state index contributed by atoms with van der Waals surface area (Å²) in [5.74, 6) is 0.740. The molecule has 2 aliphatic rings. The van der Waals surface area contributed by atoms with E-state index < -0.39 is 0 Å². The van der Waals surface area contributed by atoms with Crippen LogP contribution in [0.15, 0.2) is 34.5 Å². The molecule has 2 heterocycles. The predicted molar refractivity (Wildman–Crippen MR) is 99.6 cm³/mol. The third kappa shape index (κ3) is 5.85. The number of carbonyl (C=O) groups is 2. The maximum absolute atomic E-state index is 11.8. The lowest BCUT2D eigenvalue weighted by molar-refractivity contribution is -0.123. The molecule has 0 saturated carbocycles. The fraction of sp³-hybridized carbons (Fsp3) is 0.412. The number of hydrogen-bond acceptors (Lipinski definition) is 7. The van der Waals surface area contributed by atoms with Gasteiger partial charge < -0.3 is 20.1 Å². The first-order chi connectivity index (χ1) is 12.7. The van der Waals surface area contributed by atoms with Gasteiger partial charge >= 0.3 is 0 Å². The first-order valence-corrected chi connectivity index (χ1v) is 9.32. The first-order valence-electron chi connectivity index (χ1n) is 8.34. The third-order valence-corrected chi connectivity index (χ3v) is 4.61. The van der Waals surface area contributed by atoms with Gasteiger partial charge in [0, 0.05) is 13.2 Å².